The predicted octanol–water partition coefficient (Wildman–Crippen LogP) is 0.551. The van der Waals surface area contributed by atoms with E-state index in [1.165, 1.54) is 0 Å². The number of Topliss-reactive ketones (excluding diaryl/α,β-unsaturated/α-hetero) is 1. The first-order chi connectivity index (χ1) is 10.6. The third-order valence-corrected chi connectivity index (χ3v) is 2.88. The first-order valence-electron chi connectivity index (χ1n) is 7.83. The van der Waals surface area contributed by atoms with E-state index in [2.05, 4.69) is 5.32 Å². The first kappa shape index (κ1) is 20.5. The molecule has 3 N–H and O–H groups in total. The van der Waals surface area contributed by atoms with Gasteiger partial charge in [-0.25, -0.2) is 0 Å². The van der Waals surface area contributed by atoms with Crippen LogP contribution in [0.3, 0.4) is 0 Å². The minimum Gasteiger partial charge on any atom is -0.466 e. The highest BCUT2D eigenvalue weighted by Gasteiger charge is 2.07. The van der Waals surface area contributed by atoms with Gasteiger partial charge in [-0.05, 0) is 26.3 Å². The molecule has 0 aliphatic rings. The molecule has 0 saturated carbocycles. The molecular weight excluding hydrogens is 288 g/mol. The van der Waals surface area contributed by atoms with Gasteiger partial charge in [0, 0.05) is 19.4 Å². The van der Waals surface area contributed by atoms with E-state index in [1.54, 1.807) is 6.92 Å². The molecule has 0 heterocycles. The van der Waals surface area contributed by atoms with E-state index in [1.807, 2.05) is 0 Å². The number of unbranched alkanes of at least 4 members (excludes halogenated alkanes) is 2. The number of ketones is 1. The van der Waals surface area contributed by atoms with Gasteiger partial charge in [0.15, 0.2) is 0 Å². The Kier molecular flexibility index (Phi) is 13.5. The molecule has 0 unspecified atom stereocenters. The molecule has 7 heteroatoms. The molecule has 22 heavy (non-hydrogen) atoms. The van der Waals surface area contributed by atoms with Gasteiger partial charge in [-0.1, -0.05) is 6.42 Å². The predicted molar refractivity (Wildman–Crippen MR) is 82.2 cm³/mol. The Balaban J connectivity index is 3.45. The van der Waals surface area contributed by atoms with E-state index < -0.39 is 5.97 Å². The van der Waals surface area contributed by atoms with Crippen molar-refractivity contribution in [2.24, 2.45) is 5.73 Å². The molecule has 0 rings (SSSR count). The van der Waals surface area contributed by atoms with Gasteiger partial charge in [-0.2, -0.15) is 0 Å². The Hall–Kier alpha value is -1.47. The van der Waals surface area contributed by atoms with E-state index >= 15 is 0 Å². The number of rotatable bonds is 14. The van der Waals surface area contributed by atoms with E-state index in [0.29, 0.717) is 26.1 Å². The van der Waals surface area contributed by atoms with Crippen LogP contribution in [-0.2, 0) is 23.9 Å². The normalized spacial score (nSPS) is 10.3. The van der Waals surface area contributed by atoms with Crippen LogP contribution in [0.5, 0.6) is 0 Å². The summed E-state index contributed by atoms with van der Waals surface area (Å²) in [5.74, 6) is -0.636. The van der Waals surface area contributed by atoms with Crippen molar-refractivity contribution < 1.29 is 23.9 Å². The van der Waals surface area contributed by atoms with Crippen LogP contribution in [0.2, 0.25) is 0 Å². The minimum atomic E-state index is -0.431. The van der Waals surface area contributed by atoms with Crippen molar-refractivity contribution in [2.75, 3.05) is 32.8 Å². The highest BCUT2D eigenvalue weighted by molar-refractivity contribution is 5.79. The van der Waals surface area contributed by atoms with Crippen LogP contribution in [0.15, 0.2) is 0 Å². The number of nitrogens with two attached hydrogens (primary N) is 1. The highest BCUT2D eigenvalue weighted by Crippen LogP contribution is 2.01. The third-order valence-electron chi connectivity index (χ3n) is 2.88. The molecule has 7 nitrogen and oxygen atoms in total. The van der Waals surface area contributed by atoms with Crippen molar-refractivity contribution in [1.82, 2.24) is 5.32 Å². The monoisotopic (exact) mass is 316 g/mol. The van der Waals surface area contributed by atoms with Crippen LogP contribution in [0, 0.1) is 0 Å². The van der Waals surface area contributed by atoms with Gasteiger partial charge in [0.25, 0.3) is 0 Å². The maximum atomic E-state index is 11.5. The molecule has 0 amide bonds. The van der Waals surface area contributed by atoms with Crippen molar-refractivity contribution in [3.8, 4) is 0 Å². The largest absolute Gasteiger partial charge is 0.466 e. The molecule has 0 aromatic heterocycles. The SMILES string of the molecule is CCOC(=O)CCNCC(=O)OCCC(=O)CCCCCN. The fourth-order valence-corrected chi connectivity index (χ4v) is 1.71. The van der Waals surface area contributed by atoms with Gasteiger partial charge in [0.2, 0.25) is 0 Å². The topological polar surface area (TPSA) is 108 Å². The molecular formula is C15H28N2O5. The lowest BCUT2D eigenvalue weighted by Crippen LogP contribution is -2.27. The lowest BCUT2D eigenvalue weighted by Gasteiger charge is -2.06. The molecule has 0 aromatic rings. The average molecular weight is 316 g/mol. The van der Waals surface area contributed by atoms with Crippen molar-refractivity contribution in [3.63, 3.8) is 0 Å². The number of hydrogen-bond donors (Lipinski definition) is 2. The number of carbonyl (C=O) groups excluding carboxylic acids is 3. The smallest absolute Gasteiger partial charge is 0.319 e. The van der Waals surface area contributed by atoms with Crippen molar-refractivity contribution in [1.29, 1.82) is 0 Å². The zero-order chi connectivity index (χ0) is 16.6. The van der Waals surface area contributed by atoms with Crippen molar-refractivity contribution >= 4 is 17.7 Å². The summed E-state index contributed by atoms with van der Waals surface area (Å²) >= 11 is 0. The van der Waals surface area contributed by atoms with Crippen LogP contribution in [-0.4, -0.2) is 50.6 Å². The second-order valence-electron chi connectivity index (χ2n) is 4.84. The summed E-state index contributed by atoms with van der Waals surface area (Å²) < 4.78 is 9.68. The lowest BCUT2D eigenvalue weighted by atomic mass is 10.1. The molecule has 0 aliphatic heterocycles. The quantitative estimate of drug-likeness (QED) is 0.356. The summed E-state index contributed by atoms with van der Waals surface area (Å²) in [5.41, 5.74) is 5.37. The van der Waals surface area contributed by atoms with Gasteiger partial charge < -0.3 is 20.5 Å². The van der Waals surface area contributed by atoms with Crippen LogP contribution in [0.25, 0.3) is 0 Å². The van der Waals surface area contributed by atoms with Gasteiger partial charge in [-0.15, -0.1) is 0 Å². The fraction of sp³-hybridized carbons (Fsp3) is 0.800. The van der Waals surface area contributed by atoms with E-state index in [-0.39, 0.29) is 37.7 Å². The van der Waals surface area contributed by atoms with E-state index in [0.717, 1.165) is 19.3 Å². The fourth-order valence-electron chi connectivity index (χ4n) is 1.71. The van der Waals surface area contributed by atoms with Crippen LogP contribution in [0.4, 0.5) is 0 Å². The first-order valence-corrected chi connectivity index (χ1v) is 7.83. The van der Waals surface area contributed by atoms with Gasteiger partial charge >= 0.3 is 11.9 Å². The molecule has 0 aromatic carbocycles. The van der Waals surface area contributed by atoms with Crippen LogP contribution >= 0.6 is 0 Å². The molecule has 0 bridgehead atoms. The second-order valence-corrected chi connectivity index (χ2v) is 4.84. The lowest BCUT2D eigenvalue weighted by molar-refractivity contribution is -0.145. The summed E-state index contributed by atoms with van der Waals surface area (Å²) in [4.78, 5) is 33.9. The number of esters is 2. The summed E-state index contributed by atoms with van der Waals surface area (Å²) in [6.07, 6.45) is 3.68. The van der Waals surface area contributed by atoms with Crippen molar-refractivity contribution in [3.05, 3.63) is 0 Å². The zero-order valence-electron chi connectivity index (χ0n) is 13.4. The van der Waals surface area contributed by atoms with Crippen LogP contribution < -0.4 is 11.1 Å². The summed E-state index contributed by atoms with van der Waals surface area (Å²) in [6, 6.07) is 0. The molecule has 0 atom stereocenters. The molecule has 0 aliphatic carbocycles. The Morgan fingerprint density at radius 3 is 2.41 bits per heavy atom. The Labute approximate surface area is 131 Å². The average Bonchev–Trinajstić information content (AvgIpc) is 2.48. The molecule has 0 spiro atoms. The number of nitrogens with one attached hydrogen (secondary N) is 1. The summed E-state index contributed by atoms with van der Waals surface area (Å²) in [5, 5.41) is 2.79. The van der Waals surface area contributed by atoms with Gasteiger partial charge in [0.05, 0.1) is 26.2 Å². The van der Waals surface area contributed by atoms with E-state index in [4.69, 9.17) is 15.2 Å². The molecule has 0 fully saturated rings. The zero-order valence-corrected chi connectivity index (χ0v) is 13.4. The molecule has 0 saturated heterocycles. The third kappa shape index (κ3) is 13.5. The Morgan fingerprint density at radius 1 is 0.955 bits per heavy atom. The Morgan fingerprint density at radius 2 is 1.73 bits per heavy atom. The maximum Gasteiger partial charge on any atom is 0.319 e. The Bertz CT molecular complexity index is 334. The second kappa shape index (κ2) is 14.5. The van der Waals surface area contributed by atoms with Gasteiger partial charge in [0.1, 0.15) is 5.78 Å². The molecule has 128 valence electrons. The maximum absolute atomic E-state index is 11.5. The van der Waals surface area contributed by atoms with Gasteiger partial charge in [-0.3, -0.25) is 14.4 Å². The minimum absolute atomic E-state index is 0.0180. The number of carbonyl (C=O) groups is 3. The highest BCUT2D eigenvalue weighted by atomic mass is 16.5. The van der Waals surface area contributed by atoms with Crippen LogP contribution in [0.1, 0.15) is 45.4 Å². The number of hydrogen-bond acceptors (Lipinski definition) is 7. The summed E-state index contributed by atoms with van der Waals surface area (Å²) in [7, 11) is 0. The standard InChI is InChI=1S/C15H28N2O5/c1-2-21-14(19)7-10-17-12-15(20)22-11-8-13(18)6-4-3-5-9-16/h17H,2-12,16H2,1H3. The number of ether oxygens (including phenoxy) is 2. The van der Waals surface area contributed by atoms with E-state index in [9.17, 15) is 14.4 Å². The molecule has 0 radical (unpaired) electrons. The van der Waals surface area contributed by atoms with Crippen molar-refractivity contribution in [2.45, 2.75) is 45.4 Å². The summed E-state index contributed by atoms with van der Waals surface area (Å²) in [6.45, 7) is 3.21.